The van der Waals surface area contributed by atoms with Gasteiger partial charge in [-0.2, -0.15) is 0 Å². The Labute approximate surface area is 135 Å². The normalized spacial score (nSPS) is 39.3. The van der Waals surface area contributed by atoms with Crippen LogP contribution in [0.4, 0.5) is 0 Å². The zero-order valence-corrected chi connectivity index (χ0v) is 14.3. The highest BCUT2D eigenvalue weighted by Crippen LogP contribution is 2.23. The maximum Gasteiger partial charge on any atom is 0.0235 e. The predicted octanol–water partition coefficient (Wildman–Crippen LogP) is 0.663. The maximum absolute atomic E-state index is 3.44. The van der Waals surface area contributed by atoms with Gasteiger partial charge in [0, 0.05) is 25.2 Å². The van der Waals surface area contributed by atoms with Crippen molar-refractivity contribution >= 4 is 24.8 Å². The number of nitrogens with one attached hydrogen (secondary N) is 2. The summed E-state index contributed by atoms with van der Waals surface area (Å²) >= 11 is 0. The Morgan fingerprint density at radius 2 is 1.15 bits per heavy atom. The van der Waals surface area contributed by atoms with Crippen LogP contribution in [0.1, 0.15) is 12.8 Å². The molecule has 4 fully saturated rings. The van der Waals surface area contributed by atoms with Gasteiger partial charge < -0.3 is 20.4 Å². The molecule has 0 unspecified atom stereocenters. The molecule has 6 heteroatoms. The molecule has 20 heavy (non-hydrogen) atoms. The average molecular weight is 325 g/mol. The van der Waals surface area contributed by atoms with Gasteiger partial charge in [0.15, 0.2) is 0 Å². The lowest BCUT2D eigenvalue weighted by atomic mass is 9.85. The number of hydrogen-bond acceptors (Lipinski definition) is 4. The smallest absolute Gasteiger partial charge is 0.0235 e. The van der Waals surface area contributed by atoms with Gasteiger partial charge in [-0.05, 0) is 65.0 Å². The maximum atomic E-state index is 3.44. The molecule has 0 amide bonds. The van der Waals surface area contributed by atoms with Crippen molar-refractivity contribution in [3.8, 4) is 0 Å². The molecule has 0 aromatic carbocycles. The molecule has 0 aromatic heterocycles. The van der Waals surface area contributed by atoms with Gasteiger partial charge in [0.25, 0.3) is 0 Å². The summed E-state index contributed by atoms with van der Waals surface area (Å²) in [6.07, 6.45) is 2.82. The summed E-state index contributed by atoms with van der Waals surface area (Å²) in [5.74, 6) is 2.03. The van der Waals surface area contributed by atoms with Crippen molar-refractivity contribution in [2.75, 3.05) is 53.4 Å². The number of halogens is 2. The van der Waals surface area contributed by atoms with Crippen molar-refractivity contribution < 1.29 is 0 Å². The van der Waals surface area contributed by atoms with Crippen LogP contribution >= 0.6 is 24.8 Å². The standard InChI is InChI=1S/2C7H14N2.2ClH/c2*1-9-3-2-6-4-8-7(6)5-9;;/h2*6-8H,2-5H2,1H3;2*1H/t2*6-,7-;;/m00../s1. The van der Waals surface area contributed by atoms with E-state index in [0.717, 1.165) is 23.9 Å². The second kappa shape index (κ2) is 8.16. The summed E-state index contributed by atoms with van der Waals surface area (Å²) < 4.78 is 0. The lowest BCUT2D eigenvalue weighted by Gasteiger charge is -2.45. The van der Waals surface area contributed by atoms with Crippen molar-refractivity contribution in [2.24, 2.45) is 11.8 Å². The second-order valence-electron chi connectivity index (χ2n) is 6.65. The monoisotopic (exact) mass is 324 g/mol. The van der Waals surface area contributed by atoms with Crippen LogP contribution in [0.15, 0.2) is 0 Å². The molecule has 0 radical (unpaired) electrons. The van der Waals surface area contributed by atoms with E-state index in [4.69, 9.17) is 0 Å². The zero-order valence-electron chi connectivity index (χ0n) is 12.7. The number of hydrogen-bond donors (Lipinski definition) is 2. The van der Waals surface area contributed by atoms with Crippen LogP contribution in [0.5, 0.6) is 0 Å². The van der Waals surface area contributed by atoms with Crippen molar-refractivity contribution in [2.45, 2.75) is 24.9 Å². The molecule has 4 aliphatic rings. The molecule has 4 rings (SSSR count). The highest BCUT2D eigenvalue weighted by atomic mass is 35.5. The summed E-state index contributed by atoms with van der Waals surface area (Å²) in [6, 6.07) is 1.67. The number of piperidine rings is 2. The van der Waals surface area contributed by atoms with Gasteiger partial charge in [0.05, 0.1) is 0 Å². The molecule has 0 aromatic rings. The van der Waals surface area contributed by atoms with Crippen molar-refractivity contribution in [1.82, 2.24) is 20.4 Å². The van der Waals surface area contributed by atoms with Crippen molar-refractivity contribution in [3.63, 3.8) is 0 Å². The van der Waals surface area contributed by atoms with E-state index in [1.807, 2.05) is 0 Å². The van der Waals surface area contributed by atoms with Gasteiger partial charge >= 0.3 is 0 Å². The molecule has 120 valence electrons. The summed E-state index contributed by atoms with van der Waals surface area (Å²) in [4.78, 5) is 4.82. The minimum absolute atomic E-state index is 0. The Morgan fingerprint density at radius 1 is 0.750 bits per heavy atom. The van der Waals surface area contributed by atoms with E-state index in [1.54, 1.807) is 0 Å². The average Bonchev–Trinajstić information content (AvgIpc) is 2.29. The first-order valence-corrected chi connectivity index (χ1v) is 7.56. The number of likely N-dealkylation sites (N-methyl/N-ethyl adjacent to an activating group) is 2. The van der Waals surface area contributed by atoms with E-state index in [-0.39, 0.29) is 24.8 Å². The van der Waals surface area contributed by atoms with Crippen LogP contribution in [0.25, 0.3) is 0 Å². The summed E-state index contributed by atoms with van der Waals surface area (Å²) in [7, 11) is 4.41. The quantitative estimate of drug-likeness (QED) is 0.685. The fourth-order valence-electron chi connectivity index (χ4n) is 3.56. The molecule has 0 spiro atoms. The number of likely N-dealkylation sites (tertiary alicyclic amines) is 2. The van der Waals surface area contributed by atoms with Crippen molar-refractivity contribution in [3.05, 3.63) is 0 Å². The summed E-state index contributed by atoms with van der Waals surface area (Å²) in [6.45, 7) is 7.71. The van der Waals surface area contributed by atoms with Gasteiger partial charge in [0.2, 0.25) is 0 Å². The third kappa shape index (κ3) is 4.21. The third-order valence-electron chi connectivity index (χ3n) is 5.20. The van der Waals surface area contributed by atoms with E-state index >= 15 is 0 Å². The van der Waals surface area contributed by atoms with E-state index in [9.17, 15) is 0 Å². The lowest BCUT2D eigenvalue weighted by Crippen LogP contribution is -2.61. The number of nitrogens with zero attached hydrogens (tertiary/aromatic N) is 2. The van der Waals surface area contributed by atoms with E-state index in [2.05, 4.69) is 34.5 Å². The largest absolute Gasteiger partial charge is 0.312 e. The van der Waals surface area contributed by atoms with Crippen molar-refractivity contribution in [1.29, 1.82) is 0 Å². The summed E-state index contributed by atoms with van der Waals surface area (Å²) in [5, 5.41) is 6.87. The molecule has 4 aliphatic heterocycles. The third-order valence-corrected chi connectivity index (χ3v) is 5.20. The fourth-order valence-corrected chi connectivity index (χ4v) is 3.56. The van der Waals surface area contributed by atoms with E-state index in [1.165, 1.54) is 52.1 Å². The van der Waals surface area contributed by atoms with Crippen LogP contribution in [0, 0.1) is 11.8 Å². The Hall–Kier alpha value is 0.420. The molecule has 4 heterocycles. The first-order valence-electron chi connectivity index (χ1n) is 7.56. The molecule has 0 bridgehead atoms. The Kier molecular flexibility index (Phi) is 7.53. The fraction of sp³-hybridized carbons (Fsp3) is 1.00. The van der Waals surface area contributed by atoms with Gasteiger partial charge in [-0.25, -0.2) is 0 Å². The Bertz CT molecular complexity index is 264. The topological polar surface area (TPSA) is 30.5 Å². The van der Waals surface area contributed by atoms with Gasteiger partial charge in [-0.3, -0.25) is 0 Å². The minimum atomic E-state index is 0. The Morgan fingerprint density at radius 3 is 1.35 bits per heavy atom. The lowest BCUT2D eigenvalue weighted by molar-refractivity contribution is 0.103. The first-order chi connectivity index (χ1) is 8.72. The molecular formula is C14H30Cl2N4. The first kappa shape index (κ1) is 18.5. The number of rotatable bonds is 0. The molecule has 0 aliphatic carbocycles. The highest BCUT2D eigenvalue weighted by Gasteiger charge is 2.34. The Balaban J connectivity index is 0.000000182. The van der Waals surface area contributed by atoms with Crippen LogP contribution in [-0.4, -0.2) is 75.2 Å². The van der Waals surface area contributed by atoms with Crippen LogP contribution < -0.4 is 10.6 Å². The zero-order chi connectivity index (χ0) is 12.5. The predicted molar refractivity (Wildman–Crippen MR) is 89.3 cm³/mol. The summed E-state index contributed by atoms with van der Waals surface area (Å²) in [5.41, 5.74) is 0. The van der Waals surface area contributed by atoms with Gasteiger partial charge in [-0.1, -0.05) is 0 Å². The molecule has 2 N–H and O–H groups in total. The minimum Gasteiger partial charge on any atom is -0.312 e. The second-order valence-corrected chi connectivity index (χ2v) is 6.65. The van der Waals surface area contributed by atoms with Crippen LogP contribution in [0.2, 0.25) is 0 Å². The van der Waals surface area contributed by atoms with Crippen LogP contribution in [0.3, 0.4) is 0 Å². The van der Waals surface area contributed by atoms with Gasteiger partial charge in [-0.15, -0.1) is 24.8 Å². The molecule has 0 saturated carbocycles. The van der Waals surface area contributed by atoms with Crippen LogP contribution in [-0.2, 0) is 0 Å². The van der Waals surface area contributed by atoms with Gasteiger partial charge in [0.1, 0.15) is 0 Å². The molecule has 4 saturated heterocycles. The SMILES string of the molecule is CN1CC[C@H]2CN[C@H]2C1.CN1CC[C@H]2CN[C@H]2C1.Cl.Cl. The van der Waals surface area contributed by atoms with E-state index in [0.29, 0.717) is 0 Å². The number of fused-ring (bicyclic) bond motifs is 2. The highest BCUT2D eigenvalue weighted by molar-refractivity contribution is 5.85. The van der Waals surface area contributed by atoms with E-state index < -0.39 is 0 Å². The molecule has 4 nitrogen and oxygen atoms in total. The molecule has 4 atom stereocenters. The molecular weight excluding hydrogens is 295 g/mol.